The van der Waals surface area contributed by atoms with Gasteiger partial charge in [-0.3, -0.25) is 0 Å². The van der Waals surface area contributed by atoms with Gasteiger partial charge in [-0.05, 0) is 39.5 Å². The van der Waals surface area contributed by atoms with Crippen molar-refractivity contribution in [2.24, 2.45) is 5.73 Å². The van der Waals surface area contributed by atoms with E-state index in [0.717, 1.165) is 32.1 Å². The Morgan fingerprint density at radius 3 is 2.08 bits per heavy atom. The van der Waals surface area contributed by atoms with E-state index in [1.165, 1.54) is 25.7 Å². The second kappa shape index (κ2) is 16.6. The predicted molar refractivity (Wildman–Crippen MR) is 101 cm³/mol. The molecule has 0 bridgehead atoms. The molecule has 0 rings (SSSR count). The molecule has 25 heavy (non-hydrogen) atoms. The summed E-state index contributed by atoms with van der Waals surface area (Å²) in [5.74, 6) is 0. The first-order chi connectivity index (χ1) is 12.1. The number of rotatable bonds is 17. The van der Waals surface area contributed by atoms with Crippen LogP contribution in [-0.2, 0) is 14.2 Å². The van der Waals surface area contributed by atoms with Gasteiger partial charge in [-0.1, -0.05) is 46.0 Å². The zero-order valence-corrected chi connectivity index (χ0v) is 16.7. The molecule has 0 aromatic rings. The second-order valence-electron chi connectivity index (χ2n) is 6.35. The highest BCUT2D eigenvalue weighted by atomic mass is 16.8. The Hall–Kier alpha value is -0.850. The van der Waals surface area contributed by atoms with Crippen LogP contribution in [-0.4, -0.2) is 37.9 Å². The Balaban J connectivity index is 4.49. The first kappa shape index (κ1) is 24.1. The fourth-order valence-corrected chi connectivity index (χ4v) is 2.78. The average molecular weight is 361 g/mol. The van der Waals surface area contributed by atoms with Gasteiger partial charge >= 0.3 is 6.03 Å². The molecule has 0 aromatic carbocycles. The molecule has 0 radical (unpaired) electrons. The summed E-state index contributed by atoms with van der Waals surface area (Å²) >= 11 is 0. The highest BCUT2D eigenvalue weighted by Gasteiger charge is 2.19. The van der Waals surface area contributed by atoms with Gasteiger partial charge in [-0.2, -0.15) is 0 Å². The maximum absolute atomic E-state index is 11.1. The van der Waals surface area contributed by atoms with Gasteiger partial charge in [0, 0.05) is 19.3 Å². The minimum Gasteiger partial charge on any atom is -0.352 e. The Bertz CT molecular complexity index is 310. The van der Waals surface area contributed by atoms with Crippen molar-refractivity contribution in [1.29, 1.82) is 0 Å². The van der Waals surface area contributed by atoms with Crippen LogP contribution in [0.2, 0.25) is 0 Å². The normalized spacial score (nSPS) is 13.8. The van der Waals surface area contributed by atoms with E-state index in [1.54, 1.807) is 0 Å². The van der Waals surface area contributed by atoms with Crippen LogP contribution >= 0.6 is 0 Å². The van der Waals surface area contributed by atoms with Crippen molar-refractivity contribution in [2.75, 3.05) is 13.2 Å². The molecule has 0 aromatic heterocycles. The lowest BCUT2D eigenvalue weighted by molar-refractivity contribution is -0.302. The van der Waals surface area contributed by atoms with Crippen LogP contribution in [0.3, 0.4) is 0 Å². The van der Waals surface area contributed by atoms with Gasteiger partial charge in [-0.15, -0.1) is 0 Å². The van der Waals surface area contributed by atoms with Crippen LogP contribution in [0, 0.1) is 0 Å². The van der Waals surface area contributed by atoms with E-state index in [2.05, 4.69) is 12.2 Å². The number of nitrogens with one attached hydrogen (secondary N) is 1. The van der Waals surface area contributed by atoms with E-state index in [1.807, 2.05) is 20.8 Å². The van der Waals surface area contributed by atoms with Crippen molar-refractivity contribution in [3.63, 3.8) is 0 Å². The van der Waals surface area contributed by atoms with E-state index < -0.39 is 12.5 Å². The lowest BCUT2D eigenvalue weighted by atomic mass is 10.0. The fraction of sp³-hybridized carbons (Fsp3) is 0.947. The monoisotopic (exact) mass is 360 g/mol. The summed E-state index contributed by atoms with van der Waals surface area (Å²) in [5, 5.41) is 2.79. The third-order valence-electron chi connectivity index (χ3n) is 4.21. The Morgan fingerprint density at radius 2 is 1.56 bits per heavy atom. The molecule has 0 aliphatic rings. The van der Waals surface area contributed by atoms with Gasteiger partial charge in [0.2, 0.25) is 0 Å². The van der Waals surface area contributed by atoms with Crippen molar-refractivity contribution < 1.29 is 19.0 Å². The zero-order chi connectivity index (χ0) is 18.9. The third kappa shape index (κ3) is 14.0. The molecule has 3 N–H and O–H groups in total. The molecule has 0 fully saturated rings. The molecule has 2 amide bonds. The van der Waals surface area contributed by atoms with Crippen molar-refractivity contribution in [3.05, 3.63) is 0 Å². The summed E-state index contributed by atoms with van der Waals surface area (Å²) in [6.45, 7) is 8.61. The maximum Gasteiger partial charge on any atom is 0.312 e. The van der Waals surface area contributed by atoms with E-state index in [0.29, 0.717) is 13.2 Å². The summed E-state index contributed by atoms with van der Waals surface area (Å²) < 4.78 is 17.1. The van der Waals surface area contributed by atoms with E-state index in [9.17, 15) is 4.79 Å². The van der Waals surface area contributed by atoms with Gasteiger partial charge < -0.3 is 25.3 Å². The molecule has 0 saturated carbocycles. The van der Waals surface area contributed by atoms with Crippen molar-refractivity contribution >= 4 is 6.03 Å². The molecule has 2 atom stereocenters. The van der Waals surface area contributed by atoms with Gasteiger partial charge in [0.05, 0.1) is 6.10 Å². The molecule has 0 aliphatic carbocycles. The molecule has 0 aliphatic heterocycles. The number of primary amides is 1. The number of ether oxygens (including phenoxy) is 3. The summed E-state index contributed by atoms with van der Waals surface area (Å²) in [4.78, 5) is 11.1. The third-order valence-corrected chi connectivity index (χ3v) is 4.21. The minimum absolute atomic E-state index is 0.0634. The largest absolute Gasteiger partial charge is 0.352 e. The van der Waals surface area contributed by atoms with E-state index >= 15 is 0 Å². The van der Waals surface area contributed by atoms with Crippen molar-refractivity contribution in [2.45, 2.75) is 104 Å². The first-order valence-electron chi connectivity index (χ1n) is 10.0. The lowest BCUT2D eigenvalue weighted by Crippen LogP contribution is -2.39. The quantitative estimate of drug-likeness (QED) is 0.299. The van der Waals surface area contributed by atoms with Crippen LogP contribution in [0.15, 0.2) is 0 Å². The van der Waals surface area contributed by atoms with Crippen LogP contribution in [0.4, 0.5) is 4.79 Å². The number of amides is 2. The summed E-state index contributed by atoms with van der Waals surface area (Å²) in [6, 6.07) is -0.383. The molecular weight excluding hydrogens is 320 g/mol. The molecule has 6 heteroatoms. The molecule has 0 spiro atoms. The van der Waals surface area contributed by atoms with E-state index in [-0.39, 0.29) is 12.1 Å². The number of carbonyl (C=O) groups is 1. The number of unbranched alkanes of at least 4 members (excludes halogenated alkanes) is 4. The van der Waals surface area contributed by atoms with Gasteiger partial charge in [-0.25, -0.2) is 4.79 Å². The zero-order valence-electron chi connectivity index (χ0n) is 16.7. The van der Waals surface area contributed by atoms with Gasteiger partial charge in [0.15, 0.2) is 0 Å². The summed E-state index contributed by atoms with van der Waals surface area (Å²) in [7, 11) is 0. The number of hydrogen-bond acceptors (Lipinski definition) is 4. The molecule has 150 valence electrons. The molecular formula is C19H40N2O4. The Kier molecular flexibility index (Phi) is 16.0. The average Bonchev–Trinajstić information content (AvgIpc) is 2.57. The predicted octanol–water partition coefficient (Wildman–Crippen LogP) is 4.32. The fourth-order valence-electron chi connectivity index (χ4n) is 2.78. The molecule has 6 nitrogen and oxygen atoms in total. The van der Waals surface area contributed by atoms with Crippen molar-refractivity contribution in [3.8, 4) is 0 Å². The molecule has 0 saturated heterocycles. The summed E-state index contributed by atoms with van der Waals surface area (Å²) in [5.41, 5.74) is 5.24. The van der Waals surface area contributed by atoms with Crippen molar-refractivity contribution in [1.82, 2.24) is 5.32 Å². The topological polar surface area (TPSA) is 82.8 Å². The van der Waals surface area contributed by atoms with Crippen LogP contribution in [0.5, 0.6) is 0 Å². The lowest BCUT2D eigenvalue weighted by Gasteiger charge is -2.26. The van der Waals surface area contributed by atoms with Gasteiger partial charge in [0.25, 0.3) is 6.48 Å². The van der Waals surface area contributed by atoms with Crippen LogP contribution in [0.1, 0.15) is 85.5 Å². The number of hydrogen-bond donors (Lipinski definition) is 2. The Morgan fingerprint density at radius 1 is 0.920 bits per heavy atom. The second-order valence-corrected chi connectivity index (χ2v) is 6.35. The first-order valence-corrected chi connectivity index (χ1v) is 10.0. The SMILES string of the molecule is CCCCCCCC(CCC(CC)NC(N)=O)OC(OCC)OCC. The smallest absolute Gasteiger partial charge is 0.312 e. The standard InChI is InChI=1S/C19H40N2O4/c1-5-9-10-11-12-13-17(25-19(23-7-3)24-8-4)15-14-16(6-2)21-18(20)22/h16-17,19H,5-15H2,1-4H3,(H3,20,21,22). The van der Waals surface area contributed by atoms with Crippen LogP contribution < -0.4 is 11.1 Å². The Labute approximate surface area is 154 Å². The molecule has 0 heterocycles. The number of nitrogens with two attached hydrogens (primary N) is 1. The minimum atomic E-state index is -0.611. The number of carbonyl (C=O) groups excluding carboxylic acids is 1. The van der Waals surface area contributed by atoms with E-state index in [4.69, 9.17) is 19.9 Å². The van der Waals surface area contributed by atoms with Crippen LogP contribution in [0.25, 0.3) is 0 Å². The van der Waals surface area contributed by atoms with Gasteiger partial charge in [0.1, 0.15) is 0 Å². The highest BCUT2D eigenvalue weighted by Crippen LogP contribution is 2.18. The maximum atomic E-state index is 11.1. The highest BCUT2D eigenvalue weighted by molar-refractivity contribution is 5.71. The molecule has 2 unspecified atom stereocenters. The number of urea groups is 1. The summed E-state index contributed by atoms with van der Waals surface area (Å²) in [6.07, 6.45) is 9.74.